The third-order valence-corrected chi connectivity index (χ3v) is 4.45. The molecule has 0 aliphatic heterocycles. The molecule has 0 aliphatic carbocycles. The molecule has 0 unspecified atom stereocenters. The maximum Gasteiger partial charge on any atom is 0.277 e. The third kappa shape index (κ3) is 3.69. The lowest BCUT2D eigenvalue weighted by atomic mass is 10.1. The van der Waals surface area contributed by atoms with Crippen LogP contribution in [-0.4, -0.2) is 28.8 Å². The van der Waals surface area contributed by atoms with Crippen LogP contribution >= 0.6 is 0 Å². The van der Waals surface area contributed by atoms with Crippen molar-refractivity contribution in [3.8, 4) is 17.1 Å². The number of hydrogen-bond donors (Lipinski definition) is 1. The Kier molecular flexibility index (Phi) is 5.26. The number of aromatic nitrogens is 2. The van der Waals surface area contributed by atoms with Gasteiger partial charge in [0.1, 0.15) is 11.5 Å². The molecule has 27 heavy (non-hydrogen) atoms. The number of hydrogen-bond acceptors (Lipinski definition) is 4. The molecular weight excluding hydrogens is 345 g/mol. The number of nitrogens with zero attached hydrogens (tertiary/aromatic N) is 3. The predicted molar refractivity (Wildman–Crippen MR) is 105 cm³/mol. The van der Waals surface area contributed by atoms with Crippen LogP contribution < -0.4 is 10.5 Å². The van der Waals surface area contributed by atoms with E-state index < -0.39 is 11.6 Å². The molecule has 0 amide bonds. The fraction of sp³-hybridized carbons (Fsp3) is 0.238. The Morgan fingerprint density at radius 3 is 2.48 bits per heavy atom. The molecule has 0 saturated heterocycles. The summed E-state index contributed by atoms with van der Waals surface area (Å²) in [5, 5.41) is 9.74. The van der Waals surface area contributed by atoms with Crippen LogP contribution in [0.2, 0.25) is 0 Å². The normalized spacial score (nSPS) is 10.8. The van der Waals surface area contributed by atoms with Crippen molar-refractivity contribution in [1.82, 2.24) is 9.55 Å². The van der Waals surface area contributed by atoms with Crippen molar-refractivity contribution >= 4 is 5.69 Å². The van der Waals surface area contributed by atoms with Crippen molar-refractivity contribution < 1.29 is 9.50 Å². The van der Waals surface area contributed by atoms with Gasteiger partial charge in [0.2, 0.25) is 0 Å². The van der Waals surface area contributed by atoms with Crippen LogP contribution in [-0.2, 0) is 13.0 Å². The van der Waals surface area contributed by atoms with Gasteiger partial charge in [-0.1, -0.05) is 36.4 Å². The van der Waals surface area contributed by atoms with Crippen molar-refractivity contribution in [2.75, 3.05) is 19.0 Å². The molecule has 1 N–H and O–H groups in total. The zero-order chi connectivity index (χ0) is 19.6. The highest BCUT2D eigenvalue weighted by molar-refractivity contribution is 5.62. The first-order valence-electron chi connectivity index (χ1n) is 8.70. The van der Waals surface area contributed by atoms with Gasteiger partial charge in [-0.2, -0.15) is 0 Å². The second kappa shape index (κ2) is 7.61. The number of anilines is 1. The molecule has 5 nitrogen and oxygen atoms in total. The summed E-state index contributed by atoms with van der Waals surface area (Å²) in [7, 11) is 3.56. The lowest BCUT2D eigenvalue weighted by molar-refractivity contribution is 0.433. The summed E-state index contributed by atoms with van der Waals surface area (Å²) in [6.07, 6.45) is 0.603. The first-order chi connectivity index (χ1) is 12.9. The van der Waals surface area contributed by atoms with Gasteiger partial charge in [-0.15, -0.1) is 0 Å². The Morgan fingerprint density at radius 1 is 1.11 bits per heavy atom. The molecule has 0 aliphatic rings. The number of aryl methyl sites for hydroxylation is 2. The standard InChI is InChI=1S/C21H22FN3O2/c1-14-19(24(2)3)21(27)25(13-12-15-8-5-4-6-9-15)20(23-14)16-10-7-11-17(26)18(16)22/h4-11,26H,12-13H2,1-3H3. The zero-order valence-electron chi connectivity index (χ0n) is 15.6. The van der Waals surface area contributed by atoms with Gasteiger partial charge in [0, 0.05) is 20.6 Å². The lowest BCUT2D eigenvalue weighted by Crippen LogP contribution is -2.31. The molecule has 0 bridgehead atoms. The van der Waals surface area contributed by atoms with E-state index in [2.05, 4.69) is 4.98 Å². The first-order valence-corrected chi connectivity index (χ1v) is 8.70. The van der Waals surface area contributed by atoms with Gasteiger partial charge < -0.3 is 10.0 Å². The Balaban J connectivity index is 2.17. The Bertz CT molecular complexity index is 1010. The SMILES string of the molecule is Cc1nc(-c2cccc(O)c2F)n(CCc2ccccc2)c(=O)c1N(C)C. The average Bonchev–Trinajstić information content (AvgIpc) is 2.63. The Labute approximate surface area is 157 Å². The molecule has 3 rings (SSSR count). The van der Waals surface area contributed by atoms with E-state index in [0.717, 1.165) is 5.56 Å². The fourth-order valence-corrected chi connectivity index (χ4v) is 3.16. The largest absolute Gasteiger partial charge is 0.505 e. The highest BCUT2D eigenvalue weighted by Crippen LogP contribution is 2.28. The minimum absolute atomic E-state index is 0.105. The molecular formula is C21H22FN3O2. The summed E-state index contributed by atoms with van der Waals surface area (Å²) >= 11 is 0. The van der Waals surface area contributed by atoms with Crippen molar-refractivity contribution in [1.29, 1.82) is 0 Å². The number of phenols is 1. The molecule has 3 aromatic rings. The maximum atomic E-state index is 14.5. The molecule has 2 aromatic carbocycles. The maximum absolute atomic E-state index is 14.5. The number of benzene rings is 2. The van der Waals surface area contributed by atoms with E-state index in [-0.39, 0.29) is 16.9 Å². The second-order valence-electron chi connectivity index (χ2n) is 6.59. The van der Waals surface area contributed by atoms with E-state index >= 15 is 0 Å². The predicted octanol–water partition coefficient (Wildman–Crippen LogP) is 3.37. The summed E-state index contributed by atoms with van der Waals surface area (Å²) in [5.74, 6) is -1.03. The summed E-state index contributed by atoms with van der Waals surface area (Å²) in [6.45, 7) is 2.07. The number of rotatable bonds is 5. The van der Waals surface area contributed by atoms with Crippen molar-refractivity contribution in [2.24, 2.45) is 0 Å². The van der Waals surface area contributed by atoms with Crippen LogP contribution in [0.4, 0.5) is 10.1 Å². The zero-order valence-corrected chi connectivity index (χ0v) is 15.6. The van der Waals surface area contributed by atoms with Crippen LogP contribution in [0.15, 0.2) is 53.3 Å². The lowest BCUT2D eigenvalue weighted by Gasteiger charge is -2.20. The summed E-state index contributed by atoms with van der Waals surface area (Å²) in [6, 6.07) is 14.1. The monoisotopic (exact) mass is 367 g/mol. The Hall–Kier alpha value is -3.15. The number of halogens is 1. The van der Waals surface area contributed by atoms with Crippen molar-refractivity contribution in [2.45, 2.75) is 19.9 Å². The second-order valence-corrected chi connectivity index (χ2v) is 6.59. The van der Waals surface area contributed by atoms with Gasteiger partial charge in [-0.25, -0.2) is 9.37 Å². The molecule has 1 aromatic heterocycles. The average molecular weight is 367 g/mol. The highest BCUT2D eigenvalue weighted by atomic mass is 19.1. The third-order valence-electron chi connectivity index (χ3n) is 4.45. The Morgan fingerprint density at radius 2 is 1.81 bits per heavy atom. The van der Waals surface area contributed by atoms with Gasteiger partial charge in [0.15, 0.2) is 11.6 Å². The van der Waals surface area contributed by atoms with Crippen LogP contribution in [0.3, 0.4) is 0 Å². The smallest absolute Gasteiger partial charge is 0.277 e. The molecule has 0 atom stereocenters. The van der Waals surface area contributed by atoms with Crippen LogP contribution in [0.1, 0.15) is 11.3 Å². The summed E-state index contributed by atoms with van der Waals surface area (Å²) in [4.78, 5) is 19.4. The summed E-state index contributed by atoms with van der Waals surface area (Å²) in [5.41, 5.74) is 1.92. The number of aromatic hydroxyl groups is 1. The van der Waals surface area contributed by atoms with E-state index in [1.54, 1.807) is 25.9 Å². The van der Waals surface area contributed by atoms with E-state index in [9.17, 15) is 14.3 Å². The van der Waals surface area contributed by atoms with Crippen LogP contribution in [0, 0.1) is 12.7 Å². The van der Waals surface area contributed by atoms with Crippen LogP contribution in [0.25, 0.3) is 11.4 Å². The molecule has 0 saturated carbocycles. The summed E-state index contributed by atoms with van der Waals surface area (Å²) < 4.78 is 16.0. The highest BCUT2D eigenvalue weighted by Gasteiger charge is 2.20. The van der Waals surface area contributed by atoms with Gasteiger partial charge in [0.05, 0.1) is 11.3 Å². The molecule has 6 heteroatoms. The first kappa shape index (κ1) is 18.6. The van der Waals surface area contributed by atoms with Crippen LogP contribution in [0.5, 0.6) is 5.75 Å². The van der Waals surface area contributed by atoms with Gasteiger partial charge in [0.25, 0.3) is 5.56 Å². The number of phenolic OH excluding ortho intramolecular Hbond substituents is 1. The van der Waals surface area contributed by atoms with Crippen molar-refractivity contribution in [3.05, 3.63) is 76.0 Å². The van der Waals surface area contributed by atoms with E-state index in [1.807, 2.05) is 30.3 Å². The van der Waals surface area contributed by atoms with E-state index in [0.29, 0.717) is 24.3 Å². The molecule has 0 spiro atoms. The van der Waals surface area contributed by atoms with E-state index in [1.165, 1.54) is 22.8 Å². The quantitative estimate of drug-likeness (QED) is 0.751. The fourth-order valence-electron chi connectivity index (χ4n) is 3.16. The van der Waals surface area contributed by atoms with Crippen molar-refractivity contribution in [3.63, 3.8) is 0 Å². The molecule has 0 radical (unpaired) electrons. The van der Waals surface area contributed by atoms with Gasteiger partial charge in [-0.05, 0) is 31.0 Å². The molecule has 1 heterocycles. The van der Waals surface area contributed by atoms with Gasteiger partial charge in [-0.3, -0.25) is 9.36 Å². The molecule has 0 fully saturated rings. The van der Waals surface area contributed by atoms with E-state index in [4.69, 9.17) is 0 Å². The molecule has 140 valence electrons. The topological polar surface area (TPSA) is 58.4 Å². The van der Waals surface area contributed by atoms with Gasteiger partial charge >= 0.3 is 0 Å². The minimum atomic E-state index is -0.783. The minimum Gasteiger partial charge on any atom is -0.505 e.